The molecule has 0 saturated carbocycles. The lowest BCUT2D eigenvalue weighted by molar-refractivity contribution is -0.162. The van der Waals surface area contributed by atoms with Gasteiger partial charge in [-0.1, -0.05) is 6.07 Å². The number of hydroxylamine groups is 6. The summed E-state index contributed by atoms with van der Waals surface area (Å²) in [6.45, 7) is 4.06. The Morgan fingerprint density at radius 2 is 1.08 bits per heavy atom. The maximum atomic E-state index is 13.7. The molecular weight excluding hydrogens is 1130 g/mol. The fourth-order valence-corrected chi connectivity index (χ4v) is 9.23. The Bertz CT molecular complexity index is 2920. The second-order valence-corrected chi connectivity index (χ2v) is 20.6. The van der Waals surface area contributed by atoms with E-state index in [-0.39, 0.29) is 95.4 Å². The maximum absolute atomic E-state index is 13.7. The van der Waals surface area contributed by atoms with Crippen LogP contribution in [0.2, 0.25) is 0 Å². The molecule has 464 valence electrons. The molecule has 5 rings (SSSR count). The van der Waals surface area contributed by atoms with Crippen LogP contribution >= 0.6 is 12.2 Å². The fraction of sp³-hybridized carbons (Fsp3) is 0.500. The van der Waals surface area contributed by atoms with E-state index in [1.165, 1.54) is 47.1 Å². The van der Waals surface area contributed by atoms with Crippen LogP contribution in [0.1, 0.15) is 56.8 Å². The highest BCUT2D eigenvalue weighted by Crippen LogP contribution is 2.42. The summed E-state index contributed by atoms with van der Waals surface area (Å²) in [5, 5.41) is 41.2. The molecule has 3 aliphatic rings. The number of thiocarbonyl (C=S) groups is 1. The molecule has 2 aromatic carbocycles. The summed E-state index contributed by atoms with van der Waals surface area (Å²) in [4.78, 5) is 118. The first kappa shape index (κ1) is 67.9. The number of likely N-dealkylation sites (N-methyl/N-ethyl adjacent to an activating group) is 3. The van der Waals surface area contributed by atoms with Gasteiger partial charge in [0.25, 0.3) is 17.7 Å². The largest absolute Gasteiger partial charge is 0.497 e. The molecule has 1 saturated heterocycles. The predicted molar refractivity (Wildman–Crippen MR) is 307 cm³/mol. The van der Waals surface area contributed by atoms with Gasteiger partial charge in [0.2, 0.25) is 23.6 Å². The van der Waals surface area contributed by atoms with Crippen LogP contribution in [0.15, 0.2) is 63.8 Å². The zero-order chi connectivity index (χ0) is 62.5. The Morgan fingerprint density at radius 3 is 1.54 bits per heavy atom. The number of nitrogens with one attached hydrogen (secondary N) is 4. The predicted octanol–water partition coefficient (Wildman–Crippen LogP) is 1.87. The van der Waals surface area contributed by atoms with Crippen molar-refractivity contribution in [1.29, 1.82) is 0 Å². The zero-order valence-corrected chi connectivity index (χ0v) is 49.6. The second-order valence-electron chi connectivity index (χ2n) is 20.2. The van der Waals surface area contributed by atoms with Crippen LogP contribution in [0.25, 0.3) is 33.4 Å². The molecule has 7 amide bonds. The van der Waals surface area contributed by atoms with Crippen molar-refractivity contribution < 1.29 is 86.8 Å². The highest BCUT2D eigenvalue weighted by atomic mass is 32.1. The minimum absolute atomic E-state index is 0.0595. The highest BCUT2D eigenvalue weighted by Gasteiger charge is 2.34. The number of carbonyl (C=O) groups is 8. The molecule has 2 aliphatic heterocycles. The van der Waals surface area contributed by atoms with E-state index in [9.17, 15) is 58.8 Å². The van der Waals surface area contributed by atoms with E-state index < -0.39 is 65.0 Å². The van der Waals surface area contributed by atoms with Crippen LogP contribution < -0.4 is 31.4 Å². The molecule has 1 aliphatic carbocycles. The molecule has 3 unspecified atom stereocenters. The van der Waals surface area contributed by atoms with Gasteiger partial charge in [-0.25, -0.2) is 20.0 Å². The summed E-state index contributed by atoms with van der Waals surface area (Å²) in [5.74, 6) is -3.98. The van der Waals surface area contributed by atoms with Gasteiger partial charge in [-0.15, -0.1) is 0 Å². The number of rotatable bonds is 30. The molecule has 0 bridgehead atoms. The Kier molecular flexibility index (Phi) is 25.9. The summed E-state index contributed by atoms with van der Waals surface area (Å²) >= 11 is 5.83. The van der Waals surface area contributed by atoms with Crippen molar-refractivity contribution in [3.05, 3.63) is 70.4 Å². The number of nitrogens with zero attached hydrogens (tertiary/aromatic N) is 5. The third-order valence-electron chi connectivity index (χ3n) is 13.5. The minimum atomic E-state index is -1.23. The molecule has 85 heavy (non-hydrogen) atoms. The number of carbonyl (C=O) groups excluding carboxylic acids is 8. The number of hydrogen-bond acceptors (Lipinski definition) is 20. The van der Waals surface area contributed by atoms with E-state index in [2.05, 4.69) is 21.3 Å². The fourth-order valence-electron chi connectivity index (χ4n) is 8.93. The number of methoxy groups -OCH3 is 2. The number of anilines is 1. The maximum Gasteiger partial charge on any atom is 0.338 e. The standard InChI is InChI=1S/C56H75N9O19S/c1-34(51(71)61(4)75)57-46(67)15-23-80-30-56(31-81-24-16-47(68)58-35(2)52(72)62(5)76,32-82-25-17-48(69)59-36(3)53(73)63(6)77)33-83-26-18-49(70)64-19-21-65(22-20-64)55(85)60-37-9-12-40(43(27-37)54(74)79-8)50-41-13-10-38(66)28-44(41)84-45-29-39(78-7)11-14-42(45)50/h9-14,27-29,34-36,75-77H,15-26,30-33H2,1-8H3,(H,57,67)(H,58,68)(H,59,69)(H,60,85). The van der Waals surface area contributed by atoms with Gasteiger partial charge in [0, 0.05) is 101 Å². The number of ether oxygens (including phenoxy) is 6. The molecule has 28 nitrogen and oxygen atoms in total. The number of piperazine rings is 1. The molecule has 2 heterocycles. The Balaban J connectivity index is 1.24. The number of benzene rings is 3. The third kappa shape index (κ3) is 19.8. The average Bonchev–Trinajstić information content (AvgIpc) is 3.11. The monoisotopic (exact) mass is 1210 g/mol. The van der Waals surface area contributed by atoms with E-state index >= 15 is 0 Å². The number of esters is 1. The van der Waals surface area contributed by atoms with Gasteiger partial charge in [-0.2, -0.15) is 0 Å². The van der Waals surface area contributed by atoms with Crippen LogP contribution in [0, 0.1) is 5.41 Å². The SMILES string of the molecule is COC(=O)c1cc(NC(=S)N2CCN(C(=O)CCOCC(COCCC(=O)NC(C)C(=O)N(C)O)(COCCC(=O)NC(C)C(=O)N(C)O)COCCC(=O)NC(C)C(=O)N(C)O)CC2)ccc1-c1c2ccc(=O)cc-2oc2cc(OC)ccc12. The van der Waals surface area contributed by atoms with Crippen molar-refractivity contribution in [2.75, 3.05) is 120 Å². The molecule has 0 aromatic heterocycles. The molecule has 2 aromatic rings. The van der Waals surface area contributed by atoms with E-state index in [1.807, 2.05) is 11.0 Å². The lowest BCUT2D eigenvalue weighted by Gasteiger charge is -2.36. The van der Waals surface area contributed by atoms with Crippen LogP contribution in [-0.4, -0.2) is 226 Å². The minimum Gasteiger partial charge on any atom is -0.497 e. The molecule has 0 spiro atoms. The van der Waals surface area contributed by atoms with E-state index in [0.29, 0.717) is 91.3 Å². The first-order valence-corrected chi connectivity index (χ1v) is 27.5. The first-order chi connectivity index (χ1) is 40.4. The van der Waals surface area contributed by atoms with E-state index in [1.54, 1.807) is 41.3 Å². The average molecular weight is 1210 g/mol. The van der Waals surface area contributed by atoms with Gasteiger partial charge < -0.3 is 63.9 Å². The first-order valence-electron chi connectivity index (χ1n) is 27.1. The summed E-state index contributed by atoms with van der Waals surface area (Å²) in [7, 11) is 6.16. The summed E-state index contributed by atoms with van der Waals surface area (Å²) < 4.78 is 40.8. The lowest BCUT2D eigenvalue weighted by atomic mass is 9.90. The van der Waals surface area contributed by atoms with Gasteiger partial charge in [0.1, 0.15) is 35.2 Å². The third-order valence-corrected chi connectivity index (χ3v) is 13.8. The number of hydrogen-bond donors (Lipinski definition) is 7. The van der Waals surface area contributed by atoms with Crippen LogP contribution in [0.4, 0.5) is 5.69 Å². The molecule has 29 heteroatoms. The number of fused-ring (bicyclic) bond motifs is 2. The van der Waals surface area contributed by atoms with Crippen molar-refractivity contribution in [3.8, 4) is 28.2 Å². The topological polar surface area (TPSA) is 347 Å². The molecular formula is C56H75N9O19S. The molecule has 0 radical (unpaired) electrons. The van der Waals surface area contributed by atoms with Crippen molar-refractivity contribution in [1.82, 2.24) is 40.9 Å². The summed E-state index contributed by atoms with van der Waals surface area (Å²) in [6.07, 6.45) is -0.719. The van der Waals surface area contributed by atoms with Gasteiger partial charge in [0.15, 0.2) is 10.5 Å². The lowest BCUT2D eigenvalue weighted by Crippen LogP contribution is -2.51. The Hall–Kier alpha value is -7.90. The summed E-state index contributed by atoms with van der Waals surface area (Å²) in [5.41, 5.74) is 1.37. The quantitative estimate of drug-likeness (QED) is 0.00978. The van der Waals surface area contributed by atoms with Gasteiger partial charge in [-0.3, -0.25) is 54.0 Å². The molecule has 1 fully saturated rings. The molecule has 7 N–H and O–H groups in total. The van der Waals surface area contributed by atoms with Crippen molar-refractivity contribution >= 4 is 81.3 Å². The zero-order valence-electron chi connectivity index (χ0n) is 48.8. The van der Waals surface area contributed by atoms with Crippen molar-refractivity contribution in [3.63, 3.8) is 0 Å². The second kappa shape index (κ2) is 32.4. The van der Waals surface area contributed by atoms with Crippen LogP contribution in [0.5, 0.6) is 5.75 Å². The van der Waals surface area contributed by atoms with E-state index in [0.717, 1.165) is 21.1 Å². The van der Waals surface area contributed by atoms with Gasteiger partial charge in [0.05, 0.1) is 84.5 Å². The van der Waals surface area contributed by atoms with E-state index in [4.69, 9.17) is 45.1 Å². The van der Waals surface area contributed by atoms with Crippen molar-refractivity contribution in [2.24, 2.45) is 5.41 Å². The van der Waals surface area contributed by atoms with Crippen LogP contribution in [-0.2, 0) is 57.2 Å². The summed E-state index contributed by atoms with van der Waals surface area (Å²) in [6, 6.07) is 11.7. The molecule has 3 atom stereocenters. The Morgan fingerprint density at radius 1 is 0.624 bits per heavy atom. The Labute approximate surface area is 495 Å². The highest BCUT2D eigenvalue weighted by molar-refractivity contribution is 7.80. The van der Waals surface area contributed by atoms with Gasteiger partial charge in [-0.05, 0) is 75.0 Å². The smallest absolute Gasteiger partial charge is 0.338 e. The van der Waals surface area contributed by atoms with Gasteiger partial charge >= 0.3 is 5.97 Å². The van der Waals surface area contributed by atoms with Crippen LogP contribution in [0.3, 0.4) is 0 Å². The number of amides is 7. The van der Waals surface area contributed by atoms with Crippen molar-refractivity contribution in [2.45, 2.75) is 64.6 Å². The normalized spacial score (nSPS) is 14.1.